The molecule has 27 heavy (non-hydrogen) atoms. The monoisotopic (exact) mass is 372 g/mol. The first-order chi connectivity index (χ1) is 12.9. The van der Waals surface area contributed by atoms with Crippen LogP contribution in [0.25, 0.3) is 0 Å². The van der Waals surface area contributed by atoms with Crippen molar-refractivity contribution in [1.82, 2.24) is 10.2 Å². The van der Waals surface area contributed by atoms with Crippen LogP contribution >= 0.6 is 0 Å². The lowest BCUT2D eigenvalue weighted by Crippen LogP contribution is -2.36. The molecule has 0 fully saturated rings. The second-order valence-electron chi connectivity index (χ2n) is 6.87. The van der Waals surface area contributed by atoms with Crippen molar-refractivity contribution in [2.24, 2.45) is 5.92 Å². The smallest absolute Gasteiger partial charge is 0.317 e. The van der Waals surface area contributed by atoms with Crippen LogP contribution in [0.3, 0.4) is 0 Å². The van der Waals surface area contributed by atoms with Crippen LogP contribution in [-0.4, -0.2) is 36.8 Å². The molecule has 2 N–H and O–H groups in total. The third kappa shape index (κ3) is 6.40. The summed E-state index contributed by atoms with van der Waals surface area (Å²) >= 11 is 0. The van der Waals surface area contributed by atoms with Crippen molar-refractivity contribution in [3.8, 4) is 17.2 Å². The number of methoxy groups -OCH3 is 1. The Hall–Kier alpha value is -2.89. The van der Waals surface area contributed by atoms with Gasteiger partial charge in [0.15, 0.2) is 11.5 Å². The van der Waals surface area contributed by atoms with Gasteiger partial charge in [0.1, 0.15) is 5.75 Å². The standard InChI is InChI=1S/C21H28N2O4/c1-15(2)14-27-18-8-5-16(6-9-18)12-22-21(25)23(3)13-17-7-10-20(26-4)19(24)11-17/h5-11,15,24H,12-14H2,1-4H3,(H,22,25). The Bertz CT molecular complexity index is 744. The quantitative estimate of drug-likeness (QED) is 0.740. The summed E-state index contributed by atoms with van der Waals surface area (Å²) in [6.07, 6.45) is 0. The zero-order valence-corrected chi connectivity index (χ0v) is 16.4. The number of phenolic OH excluding ortho intramolecular Hbond substituents is 1. The summed E-state index contributed by atoms with van der Waals surface area (Å²) in [4.78, 5) is 13.8. The maximum absolute atomic E-state index is 12.3. The number of carbonyl (C=O) groups excluding carboxylic acids is 1. The number of hydrogen-bond donors (Lipinski definition) is 2. The molecule has 0 saturated carbocycles. The number of phenols is 1. The number of benzene rings is 2. The summed E-state index contributed by atoms with van der Waals surface area (Å²) in [6.45, 7) is 5.70. The van der Waals surface area contributed by atoms with E-state index in [-0.39, 0.29) is 11.8 Å². The molecule has 0 unspecified atom stereocenters. The molecule has 0 atom stereocenters. The SMILES string of the molecule is COc1ccc(CN(C)C(=O)NCc2ccc(OCC(C)C)cc2)cc1O. The maximum Gasteiger partial charge on any atom is 0.317 e. The van der Waals surface area contributed by atoms with E-state index < -0.39 is 0 Å². The summed E-state index contributed by atoms with van der Waals surface area (Å²) in [5.74, 6) is 1.78. The largest absolute Gasteiger partial charge is 0.504 e. The van der Waals surface area contributed by atoms with Gasteiger partial charge in [0.2, 0.25) is 0 Å². The molecule has 0 aliphatic heterocycles. The summed E-state index contributed by atoms with van der Waals surface area (Å²) in [5.41, 5.74) is 1.81. The average Bonchev–Trinajstić information content (AvgIpc) is 2.65. The molecular weight excluding hydrogens is 344 g/mol. The van der Waals surface area contributed by atoms with Crippen molar-refractivity contribution < 1.29 is 19.4 Å². The number of aromatic hydroxyl groups is 1. The van der Waals surface area contributed by atoms with Crippen molar-refractivity contribution in [2.45, 2.75) is 26.9 Å². The first-order valence-corrected chi connectivity index (χ1v) is 8.95. The van der Waals surface area contributed by atoms with Gasteiger partial charge in [0.25, 0.3) is 0 Å². The van der Waals surface area contributed by atoms with Gasteiger partial charge < -0.3 is 24.8 Å². The minimum atomic E-state index is -0.189. The number of rotatable bonds is 8. The van der Waals surface area contributed by atoms with Gasteiger partial charge >= 0.3 is 6.03 Å². The third-order valence-corrected chi connectivity index (χ3v) is 3.96. The van der Waals surface area contributed by atoms with E-state index in [4.69, 9.17) is 9.47 Å². The lowest BCUT2D eigenvalue weighted by Gasteiger charge is -2.18. The molecule has 6 nitrogen and oxygen atoms in total. The summed E-state index contributed by atoms with van der Waals surface area (Å²) in [6, 6.07) is 12.6. The van der Waals surface area contributed by atoms with Crippen LogP contribution in [0, 0.1) is 5.92 Å². The number of carbonyl (C=O) groups is 1. The fraction of sp³-hybridized carbons (Fsp3) is 0.381. The van der Waals surface area contributed by atoms with Crippen LogP contribution in [0.5, 0.6) is 17.2 Å². The molecule has 0 aromatic heterocycles. The normalized spacial score (nSPS) is 10.6. The molecule has 0 saturated heterocycles. The summed E-state index contributed by atoms with van der Waals surface area (Å²) < 4.78 is 10.7. The van der Waals surface area contributed by atoms with Crippen molar-refractivity contribution in [3.63, 3.8) is 0 Å². The van der Waals surface area contributed by atoms with Crippen LogP contribution in [0.1, 0.15) is 25.0 Å². The van der Waals surface area contributed by atoms with Crippen molar-refractivity contribution in [2.75, 3.05) is 20.8 Å². The molecule has 6 heteroatoms. The average molecular weight is 372 g/mol. The van der Waals surface area contributed by atoms with Crippen molar-refractivity contribution >= 4 is 6.03 Å². The van der Waals surface area contributed by atoms with Crippen molar-refractivity contribution in [3.05, 3.63) is 53.6 Å². The van der Waals surface area contributed by atoms with Crippen LogP contribution in [-0.2, 0) is 13.1 Å². The molecule has 2 aromatic carbocycles. The number of hydrogen-bond acceptors (Lipinski definition) is 4. The minimum absolute atomic E-state index is 0.0589. The molecule has 0 aliphatic rings. The van der Waals surface area contributed by atoms with Gasteiger partial charge in [0, 0.05) is 20.1 Å². The predicted octanol–water partition coefficient (Wildman–Crippen LogP) is 3.78. The number of nitrogens with one attached hydrogen (secondary N) is 1. The highest BCUT2D eigenvalue weighted by Gasteiger charge is 2.10. The number of ether oxygens (including phenoxy) is 2. The molecule has 0 radical (unpaired) electrons. The lowest BCUT2D eigenvalue weighted by molar-refractivity contribution is 0.206. The molecule has 2 rings (SSSR count). The van der Waals surface area contributed by atoms with E-state index in [0.29, 0.717) is 31.4 Å². The van der Waals surface area contributed by atoms with E-state index >= 15 is 0 Å². The predicted molar refractivity (Wildman–Crippen MR) is 105 cm³/mol. The maximum atomic E-state index is 12.3. The Kier molecular flexibility index (Phi) is 7.34. The fourth-order valence-electron chi connectivity index (χ4n) is 2.46. The van der Waals surface area contributed by atoms with E-state index in [0.717, 1.165) is 16.9 Å². The van der Waals surface area contributed by atoms with Crippen LogP contribution in [0.15, 0.2) is 42.5 Å². The number of amides is 2. The van der Waals surface area contributed by atoms with E-state index in [2.05, 4.69) is 19.2 Å². The first kappa shape index (κ1) is 20.4. The molecule has 2 amide bonds. The highest BCUT2D eigenvalue weighted by atomic mass is 16.5. The Morgan fingerprint density at radius 3 is 2.41 bits per heavy atom. The van der Waals surface area contributed by atoms with Gasteiger partial charge in [-0.1, -0.05) is 32.0 Å². The van der Waals surface area contributed by atoms with E-state index in [1.807, 2.05) is 30.3 Å². The summed E-state index contributed by atoms with van der Waals surface area (Å²) in [7, 11) is 3.21. The van der Waals surface area contributed by atoms with Gasteiger partial charge in [-0.3, -0.25) is 0 Å². The molecule has 146 valence electrons. The van der Waals surface area contributed by atoms with Gasteiger partial charge in [-0.15, -0.1) is 0 Å². The summed E-state index contributed by atoms with van der Waals surface area (Å²) in [5, 5.41) is 12.7. The fourth-order valence-corrected chi connectivity index (χ4v) is 2.46. The second kappa shape index (κ2) is 9.71. The number of urea groups is 1. The zero-order valence-electron chi connectivity index (χ0n) is 16.4. The highest BCUT2D eigenvalue weighted by Crippen LogP contribution is 2.26. The molecule has 0 spiro atoms. The van der Waals surface area contributed by atoms with E-state index in [9.17, 15) is 9.90 Å². The van der Waals surface area contributed by atoms with Gasteiger partial charge in [0.05, 0.1) is 13.7 Å². The topological polar surface area (TPSA) is 71.0 Å². The third-order valence-electron chi connectivity index (χ3n) is 3.96. The Morgan fingerprint density at radius 1 is 1.15 bits per heavy atom. The van der Waals surface area contributed by atoms with Crippen LogP contribution in [0.4, 0.5) is 4.79 Å². The van der Waals surface area contributed by atoms with E-state index in [1.54, 1.807) is 24.1 Å². The lowest BCUT2D eigenvalue weighted by atomic mass is 10.2. The Morgan fingerprint density at radius 2 is 1.81 bits per heavy atom. The van der Waals surface area contributed by atoms with Crippen molar-refractivity contribution in [1.29, 1.82) is 0 Å². The van der Waals surface area contributed by atoms with Gasteiger partial charge in [-0.2, -0.15) is 0 Å². The molecule has 0 heterocycles. The minimum Gasteiger partial charge on any atom is -0.504 e. The van der Waals surface area contributed by atoms with E-state index in [1.165, 1.54) is 7.11 Å². The second-order valence-corrected chi connectivity index (χ2v) is 6.87. The van der Waals surface area contributed by atoms with Crippen LogP contribution < -0.4 is 14.8 Å². The highest BCUT2D eigenvalue weighted by molar-refractivity contribution is 5.73. The molecular formula is C21H28N2O4. The molecule has 2 aromatic rings. The number of nitrogens with zero attached hydrogens (tertiary/aromatic N) is 1. The molecule has 0 bridgehead atoms. The van der Waals surface area contributed by atoms with Crippen LogP contribution in [0.2, 0.25) is 0 Å². The zero-order chi connectivity index (χ0) is 19.8. The Balaban J connectivity index is 1.83. The first-order valence-electron chi connectivity index (χ1n) is 8.95. The van der Waals surface area contributed by atoms with Gasteiger partial charge in [-0.25, -0.2) is 4.79 Å². The molecule has 0 aliphatic carbocycles. The Labute approximate surface area is 160 Å². The van der Waals surface area contributed by atoms with Gasteiger partial charge in [-0.05, 0) is 41.3 Å².